The molecule has 0 saturated heterocycles. The number of aromatic nitrogens is 4. The van der Waals surface area contributed by atoms with Gasteiger partial charge >= 0.3 is 0 Å². The van der Waals surface area contributed by atoms with Crippen molar-refractivity contribution in [2.75, 3.05) is 0 Å². The fraction of sp³-hybridized carbons (Fsp3) is 0. The molecule has 0 unspecified atom stereocenters. The van der Waals surface area contributed by atoms with Crippen molar-refractivity contribution >= 4 is 43.7 Å². The predicted molar refractivity (Wildman–Crippen MR) is 182 cm³/mol. The van der Waals surface area contributed by atoms with Gasteiger partial charge in [-0.1, -0.05) is 115 Å². The number of benzene rings is 6. The lowest BCUT2D eigenvalue weighted by molar-refractivity contribution is 1.18. The number of hydrogen-bond acceptors (Lipinski definition) is 2. The molecule has 3 aromatic heterocycles. The largest absolute Gasteiger partial charge is 0.339 e. The van der Waals surface area contributed by atoms with Crippen LogP contribution in [0.3, 0.4) is 0 Å². The van der Waals surface area contributed by atoms with Crippen LogP contribution in [0, 0.1) is 0 Å². The second-order valence-electron chi connectivity index (χ2n) is 11.1. The van der Waals surface area contributed by atoms with Gasteiger partial charge in [-0.2, -0.15) is 0 Å². The first-order valence-corrected chi connectivity index (χ1v) is 14.9. The zero-order valence-electron chi connectivity index (χ0n) is 23.8. The molecule has 4 nitrogen and oxygen atoms in total. The monoisotopic (exact) mass is 562 g/mol. The van der Waals surface area contributed by atoms with Gasteiger partial charge in [0.1, 0.15) is 5.65 Å². The quantitative estimate of drug-likeness (QED) is 0.232. The highest BCUT2D eigenvalue weighted by Gasteiger charge is 2.19. The molecule has 0 aliphatic heterocycles. The minimum atomic E-state index is 0.710. The maximum Gasteiger partial charge on any atom is 0.162 e. The van der Waals surface area contributed by atoms with Crippen LogP contribution in [0.25, 0.3) is 83.2 Å². The van der Waals surface area contributed by atoms with E-state index in [-0.39, 0.29) is 0 Å². The Balaban J connectivity index is 1.32. The Bertz CT molecular complexity index is 2470. The average molecular weight is 563 g/mol. The number of hydrogen-bond donors (Lipinski definition) is 1. The van der Waals surface area contributed by atoms with Crippen LogP contribution in [0.5, 0.6) is 0 Å². The third kappa shape index (κ3) is 3.78. The van der Waals surface area contributed by atoms with Crippen molar-refractivity contribution in [1.82, 2.24) is 19.5 Å². The molecule has 6 aromatic carbocycles. The fourth-order valence-corrected chi connectivity index (χ4v) is 6.60. The summed E-state index contributed by atoms with van der Waals surface area (Å²) in [5, 5.41) is 4.63. The topological polar surface area (TPSA) is 46.5 Å². The van der Waals surface area contributed by atoms with Crippen LogP contribution in [0.15, 0.2) is 152 Å². The third-order valence-corrected chi connectivity index (χ3v) is 8.55. The Morgan fingerprint density at radius 2 is 1.16 bits per heavy atom. The molecule has 0 amide bonds. The van der Waals surface area contributed by atoms with Crippen LogP contribution in [0.4, 0.5) is 0 Å². The molecule has 0 atom stereocenters. The lowest BCUT2D eigenvalue weighted by Crippen LogP contribution is -1.94. The van der Waals surface area contributed by atoms with Crippen molar-refractivity contribution in [1.29, 1.82) is 0 Å². The van der Waals surface area contributed by atoms with Crippen LogP contribution >= 0.6 is 0 Å². The molecular weight excluding hydrogens is 536 g/mol. The van der Waals surface area contributed by atoms with Crippen molar-refractivity contribution in [2.24, 2.45) is 0 Å². The highest BCUT2D eigenvalue weighted by molar-refractivity contribution is 6.18. The molecule has 0 spiro atoms. The number of nitrogens with one attached hydrogen (secondary N) is 1. The summed E-state index contributed by atoms with van der Waals surface area (Å²) in [5.74, 6) is 0.710. The minimum Gasteiger partial charge on any atom is -0.339 e. The molecule has 3 heterocycles. The van der Waals surface area contributed by atoms with E-state index in [0.717, 1.165) is 50.0 Å². The van der Waals surface area contributed by atoms with Gasteiger partial charge in [-0.25, -0.2) is 9.97 Å². The molecule has 0 saturated carbocycles. The van der Waals surface area contributed by atoms with E-state index in [2.05, 4.69) is 137 Å². The Hall–Kier alpha value is -6.00. The van der Waals surface area contributed by atoms with Crippen LogP contribution in [0.1, 0.15) is 0 Å². The van der Waals surface area contributed by atoms with Gasteiger partial charge in [-0.3, -0.25) is 0 Å². The van der Waals surface area contributed by atoms with Gasteiger partial charge < -0.3 is 9.55 Å². The fourth-order valence-electron chi connectivity index (χ4n) is 6.60. The Kier molecular flexibility index (Phi) is 5.47. The van der Waals surface area contributed by atoms with E-state index in [1.165, 1.54) is 27.4 Å². The Morgan fingerprint density at radius 3 is 1.95 bits per heavy atom. The number of para-hydroxylation sites is 2. The van der Waals surface area contributed by atoms with Crippen molar-refractivity contribution in [2.45, 2.75) is 0 Å². The molecule has 1 N–H and O–H groups in total. The van der Waals surface area contributed by atoms with E-state index >= 15 is 0 Å². The van der Waals surface area contributed by atoms with Crippen LogP contribution in [0.2, 0.25) is 0 Å². The van der Waals surface area contributed by atoms with Gasteiger partial charge in [0, 0.05) is 38.5 Å². The second-order valence-corrected chi connectivity index (χ2v) is 11.1. The first-order chi connectivity index (χ1) is 21.8. The van der Waals surface area contributed by atoms with E-state index in [1.54, 1.807) is 0 Å². The third-order valence-electron chi connectivity index (χ3n) is 8.55. The van der Waals surface area contributed by atoms with Gasteiger partial charge in [-0.05, 0) is 47.5 Å². The number of H-pyrrole nitrogens is 1. The molecule has 0 aliphatic rings. The SMILES string of the molecule is c1ccc(-c2nc(-c3ccccc3)c3c(n2)[nH]c2ccc(-c4cccc5c4c4ccccc4n5-c4ccccc4)cc23)cc1. The first kappa shape index (κ1) is 24.6. The van der Waals surface area contributed by atoms with Gasteiger partial charge in [0.05, 0.1) is 22.1 Å². The summed E-state index contributed by atoms with van der Waals surface area (Å²) in [6, 6.07) is 53.2. The van der Waals surface area contributed by atoms with Crippen molar-refractivity contribution in [3.63, 3.8) is 0 Å². The first-order valence-electron chi connectivity index (χ1n) is 14.9. The molecule has 44 heavy (non-hydrogen) atoms. The smallest absolute Gasteiger partial charge is 0.162 e. The Labute approximate surface area is 253 Å². The van der Waals surface area contributed by atoms with E-state index in [9.17, 15) is 0 Å². The van der Waals surface area contributed by atoms with Crippen molar-refractivity contribution < 1.29 is 0 Å². The molecule has 0 bridgehead atoms. The summed E-state index contributed by atoms with van der Waals surface area (Å²) in [6.07, 6.45) is 0. The molecular formula is C40H26N4. The maximum absolute atomic E-state index is 5.16. The summed E-state index contributed by atoms with van der Waals surface area (Å²) in [4.78, 5) is 13.8. The number of rotatable bonds is 4. The van der Waals surface area contributed by atoms with E-state index in [1.807, 2.05) is 24.3 Å². The molecule has 9 aromatic rings. The number of nitrogens with zero attached hydrogens (tertiary/aromatic N) is 3. The van der Waals surface area contributed by atoms with Crippen LogP contribution in [-0.2, 0) is 0 Å². The zero-order valence-corrected chi connectivity index (χ0v) is 23.8. The molecule has 0 fully saturated rings. The minimum absolute atomic E-state index is 0.710. The highest BCUT2D eigenvalue weighted by Crippen LogP contribution is 2.41. The summed E-state index contributed by atoms with van der Waals surface area (Å²) in [6.45, 7) is 0. The number of aromatic amines is 1. The standard InChI is InChI=1S/C40H26N4/c1-4-13-26(14-5-1)38-37-32-25-28(23-24-33(32)41-40(37)43-39(42-38)27-15-6-2-7-16-27)30-20-12-22-35-36(30)31-19-10-11-21-34(31)44(35)29-17-8-3-9-18-29/h1-25H,(H,41,42,43). The van der Waals surface area contributed by atoms with Gasteiger partial charge in [0.2, 0.25) is 0 Å². The van der Waals surface area contributed by atoms with Crippen molar-refractivity contribution in [3.05, 3.63) is 152 Å². The molecule has 0 aliphatic carbocycles. The van der Waals surface area contributed by atoms with E-state index in [4.69, 9.17) is 9.97 Å². The Morgan fingerprint density at radius 1 is 0.477 bits per heavy atom. The maximum atomic E-state index is 5.16. The van der Waals surface area contributed by atoms with Crippen LogP contribution in [-0.4, -0.2) is 19.5 Å². The highest BCUT2D eigenvalue weighted by atomic mass is 15.0. The number of fused-ring (bicyclic) bond motifs is 6. The summed E-state index contributed by atoms with van der Waals surface area (Å²) in [7, 11) is 0. The summed E-state index contributed by atoms with van der Waals surface area (Å²) >= 11 is 0. The van der Waals surface area contributed by atoms with Gasteiger partial charge in [0.25, 0.3) is 0 Å². The molecule has 4 heteroatoms. The van der Waals surface area contributed by atoms with E-state index < -0.39 is 0 Å². The van der Waals surface area contributed by atoms with Crippen LogP contribution < -0.4 is 0 Å². The van der Waals surface area contributed by atoms with E-state index in [0.29, 0.717) is 5.82 Å². The summed E-state index contributed by atoms with van der Waals surface area (Å²) in [5.41, 5.74) is 10.8. The predicted octanol–water partition coefficient (Wildman–Crippen LogP) is 10.2. The lowest BCUT2D eigenvalue weighted by Gasteiger charge is -2.09. The van der Waals surface area contributed by atoms with Gasteiger partial charge in [0.15, 0.2) is 5.82 Å². The normalized spacial score (nSPS) is 11.6. The van der Waals surface area contributed by atoms with Gasteiger partial charge in [-0.15, -0.1) is 0 Å². The average Bonchev–Trinajstić information content (AvgIpc) is 3.64. The zero-order chi connectivity index (χ0) is 29.0. The summed E-state index contributed by atoms with van der Waals surface area (Å²) < 4.78 is 2.37. The molecule has 206 valence electrons. The lowest BCUT2D eigenvalue weighted by atomic mass is 9.97. The van der Waals surface area contributed by atoms with Crippen molar-refractivity contribution in [3.8, 4) is 39.5 Å². The molecule has 0 radical (unpaired) electrons. The second kappa shape index (κ2) is 9.79. The molecule has 9 rings (SSSR count).